The fraction of sp³-hybridized carbons (Fsp3) is 0.684. The van der Waals surface area contributed by atoms with Gasteiger partial charge in [-0.25, -0.2) is 8.42 Å². The Morgan fingerprint density at radius 1 is 1.11 bits per heavy atom. The zero-order valence-electron chi connectivity index (χ0n) is 16.0. The van der Waals surface area contributed by atoms with Gasteiger partial charge in [-0.2, -0.15) is 13.2 Å². The summed E-state index contributed by atoms with van der Waals surface area (Å²) in [4.78, 5) is 2.33. The number of halogens is 4. The van der Waals surface area contributed by atoms with Crippen molar-refractivity contribution in [3.8, 4) is 0 Å². The van der Waals surface area contributed by atoms with Crippen LogP contribution < -0.4 is 0 Å². The maximum absolute atomic E-state index is 12.8. The number of hydrogen-bond acceptors (Lipinski definition) is 3. The molecule has 0 spiro atoms. The number of likely N-dealkylation sites (tertiary alicyclic amines) is 1. The lowest BCUT2D eigenvalue weighted by Gasteiger charge is -2.37. The highest BCUT2D eigenvalue weighted by Crippen LogP contribution is 2.36. The topological polar surface area (TPSA) is 37.4 Å². The van der Waals surface area contributed by atoms with Crippen molar-refractivity contribution in [3.05, 3.63) is 30.3 Å². The van der Waals surface area contributed by atoms with Crippen LogP contribution in [0.1, 0.15) is 40.0 Å². The Morgan fingerprint density at radius 3 is 2.11 bits per heavy atom. The molecule has 0 aromatic heterocycles. The number of benzene rings is 1. The molecular formula is C19H29ClF3NO2S. The van der Waals surface area contributed by atoms with E-state index in [1.807, 2.05) is 18.7 Å². The summed E-state index contributed by atoms with van der Waals surface area (Å²) in [5.41, 5.74) is -0.477. The number of rotatable bonds is 6. The minimum absolute atomic E-state index is 0. The normalized spacial score (nSPS) is 18.7. The highest BCUT2D eigenvalue weighted by Gasteiger charge is 2.41. The third-order valence-corrected chi connectivity index (χ3v) is 8.26. The van der Waals surface area contributed by atoms with Crippen molar-refractivity contribution in [2.75, 3.05) is 19.6 Å². The van der Waals surface area contributed by atoms with E-state index < -0.39 is 32.6 Å². The van der Waals surface area contributed by atoms with E-state index in [0.29, 0.717) is 31.0 Å². The number of nitrogens with zero attached hydrogens (tertiary/aromatic N) is 1. The molecule has 1 atom stereocenters. The van der Waals surface area contributed by atoms with Gasteiger partial charge in [0, 0.05) is 0 Å². The molecule has 0 saturated carbocycles. The molecule has 1 aliphatic rings. The van der Waals surface area contributed by atoms with Crippen molar-refractivity contribution in [1.82, 2.24) is 4.90 Å². The minimum atomic E-state index is -4.11. The summed E-state index contributed by atoms with van der Waals surface area (Å²) in [7, 11) is -3.45. The summed E-state index contributed by atoms with van der Waals surface area (Å²) in [6.07, 6.45) is -3.23. The molecular weight excluding hydrogens is 399 g/mol. The number of hydrogen-bond donors (Lipinski definition) is 0. The fourth-order valence-electron chi connectivity index (χ4n) is 3.37. The monoisotopic (exact) mass is 427 g/mol. The van der Waals surface area contributed by atoms with Gasteiger partial charge in [0.25, 0.3) is 0 Å². The van der Waals surface area contributed by atoms with E-state index in [0.717, 1.165) is 0 Å². The number of piperidine rings is 1. The van der Waals surface area contributed by atoms with Crippen LogP contribution in [0.3, 0.4) is 0 Å². The smallest absolute Gasteiger partial charge is 0.303 e. The Kier molecular flexibility index (Phi) is 8.21. The molecule has 0 radical (unpaired) electrons. The first-order valence-corrected chi connectivity index (χ1v) is 10.6. The Morgan fingerprint density at radius 2 is 1.63 bits per heavy atom. The predicted octanol–water partition coefficient (Wildman–Crippen LogP) is 4.96. The molecule has 1 heterocycles. The van der Waals surface area contributed by atoms with Gasteiger partial charge >= 0.3 is 6.18 Å². The van der Waals surface area contributed by atoms with Gasteiger partial charge < -0.3 is 4.90 Å². The molecule has 1 unspecified atom stereocenters. The summed E-state index contributed by atoms with van der Waals surface area (Å²) < 4.78 is 64.0. The molecule has 156 valence electrons. The van der Waals surface area contributed by atoms with Crippen molar-refractivity contribution in [2.45, 2.75) is 56.4 Å². The van der Waals surface area contributed by atoms with Crippen molar-refractivity contribution >= 4 is 22.2 Å². The van der Waals surface area contributed by atoms with Gasteiger partial charge in [-0.05, 0) is 63.4 Å². The molecule has 3 nitrogen and oxygen atoms in total. The van der Waals surface area contributed by atoms with E-state index in [2.05, 4.69) is 0 Å². The van der Waals surface area contributed by atoms with Gasteiger partial charge in [-0.1, -0.05) is 32.0 Å². The quantitative estimate of drug-likeness (QED) is 0.643. The summed E-state index contributed by atoms with van der Waals surface area (Å²) in [6, 6.07) is 8.39. The lowest BCUT2D eigenvalue weighted by atomic mass is 9.85. The number of sulfone groups is 1. The van der Waals surface area contributed by atoms with Crippen LogP contribution in [-0.2, 0) is 9.84 Å². The Balaban J connectivity index is 0.00000364. The molecule has 1 aromatic carbocycles. The van der Waals surface area contributed by atoms with Gasteiger partial charge in [-0.3, -0.25) is 0 Å². The molecule has 27 heavy (non-hydrogen) atoms. The zero-order chi connectivity index (χ0) is 19.6. The van der Waals surface area contributed by atoms with E-state index in [1.165, 1.54) is 0 Å². The zero-order valence-corrected chi connectivity index (χ0v) is 17.6. The first-order chi connectivity index (χ1) is 11.9. The van der Waals surface area contributed by atoms with E-state index >= 15 is 0 Å². The van der Waals surface area contributed by atoms with Crippen molar-refractivity contribution in [2.24, 2.45) is 11.3 Å². The maximum Gasteiger partial charge on any atom is 0.391 e. The maximum atomic E-state index is 12.8. The van der Waals surface area contributed by atoms with E-state index in [4.69, 9.17) is 0 Å². The predicted molar refractivity (Wildman–Crippen MR) is 104 cm³/mol. The number of alkyl halides is 3. The summed E-state index contributed by atoms with van der Waals surface area (Å²) in [5.74, 6) is -1.20. The highest BCUT2D eigenvalue weighted by atomic mass is 35.5. The van der Waals surface area contributed by atoms with Crippen LogP contribution in [0.2, 0.25) is 0 Å². The van der Waals surface area contributed by atoms with Crippen LogP contribution in [0.25, 0.3) is 0 Å². The van der Waals surface area contributed by atoms with E-state index in [-0.39, 0.29) is 25.2 Å². The second-order valence-electron chi connectivity index (χ2n) is 7.90. The first kappa shape index (κ1) is 24.2. The molecule has 0 bridgehead atoms. The third-order valence-electron chi connectivity index (χ3n) is 5.76. The molecule has 2 rings (SSSR count). The average molecular weight is 428 g/mol. The first-order valence-electron chi connectivity index (χ1n) is 9.02. The molecule has 1 aromatic rings. The van der Waals surface area contributed by atoms with Crippen LogP contribution in [0.5, 0.6) is 0 Å². The molecule has 8 heteroatoms. The molecule has 1 fully saturated rings. The SMILES string of the molecule is CC(C(C)(C)CCN1CCC(C(F)(F)F)CC1)S(=O)(=O)c1ccccc1.Cl. The van der Waals surface area contributed by atoms with Crippen LogP contribution in [0.4, 0.5) is 13.2 Å². The highest BCUT2D eigenvalue weighted by molar-refractivity contribution is 7.92. The molecule has 1 aliphatic heterocycles. The second kappa shape index (κ2) is 9.14. The van der Waals surface area contributed by atoms with Crippen LogP contribution in [0, 0.1) is 11.3 Å². The summed E-state index contributed by atoms with van der Waals surface area (Å²) >= 11 is 0. The summed E-state index contributed by atoms with van der Waals surface area (Å²) in [5, 5.41) is -0.579. The van der Waals surface area contributed by atoms with Crippen LogP contribution in [-0.4, -0.2) is 44.4 Å². The molecule has 0 amide bonds. The largest absolute Gasteiger partial charge is 0.391 e. The van der Waals surface area contributed by atoms with Crippen LogP contribution >= 0.6 is 12.4 Å². The van der Waals surface area contributed by atoms with Gasteiger partial charge in [0.1, 0.15) is 0 Å². The lowest BCUT2D eigenvalue weighted by molar-refractivity contribution is -0.185. The van der Waals surface area contributed by atoms with Gasteiger partial charge in [-0.15, -0.1) is 12.4 Å². The van der Waals surface area contributed by atoms with E-state index in [1.54, 1.807) is 37.3 Å². The average Bonchev–Trinajstić information content (AvgIpc) is 2.59. The standard InChI is InChI=1S/C19H28F3NO2S.ClH/c1-15(26(24,25)17-7-5-4-6-8-17)18(2,3)11-14-23-12-9-16(10-13-23)19(20,21)22;/h4-8,15-16H,9-14H2,1-3H3;1H. The summed E-state index contributed by atoms with van der Waals surface area (Å²) in [6.45, 7) is 7.01. The fourth-order valence-corrected chi connectivity index (χ4v) is 5.27. The molecule has 1 saturated heterocycles. The Labute approximate surface area is 166 Å². The molecule has 0 aliphatic carbocycles. The van der Waals surface area contributed by atoms with E-state index in [9.17, 15) is 21.6 Å². The Bertz CT molecular complexity index is 685. The minimum Gasteiger partial charge on any atom is -0.303 e. The van der Waals surface area contributed by atoms with Gasteiger partial charge in [0.05, 0.1) is 16.1 Å². The molecule has 0 N–H and O–H groups in total. The van der Waals surface area contributed by atoms with Crippen LogP contribution in [0.15, 0.2) is 35.2 Å². The van der Waals surface area contributed by atoms with Crippen molar-refractivity contribution in [3.63, 3.8) is 0 Å². The lowest BCUT2D eigenvalue weighted by Crippen LogP contribution is -2.42. The van der Waals surface area contributed by atoms with Gasteiger partial charge in [0.2, 0.25) is 0 Å². The Hall–Kier alpha value is -0.790. The van der Waals surface area contributed by atoms with Crippen molar-refractivity contribution < 1.29 is 21.6 Å². The van der Waals surface area contributed by atoms with Crippen molar-refractivity contribution in [1.29, 1.82) is 0 Å². The van der Waals surface area contributed by atoms with Gasteiger partial charge in [0.15, 0.2) is 9.84 Å². The second-order valence-corrected chi connectivity index (χ2v) is 10.2. The third kappa shape index (κ3) is 6.09.